The summed E-state index contributed by atoms with van der Waals surface area (Å²) < 4.78 is 2.24. The molecule has 0 unspecified atom stereocenters. The second kappa shape index (κ2) is 7.60. The number of carbonyl (C=O) groups excluding carboxylic acids is 1. The minimum Gasteiger partial charge on any atom is -0.323 e. The molecule has 0 radical (unpaired) electrons. The fourth-order valence-electron chi connectivity index (χ4n) is 3.31. The Bertz CT molecular complexity index is 1160. The molecular formula is C23H23N3OS. The number of rotatable bonds is 5. The van der Waals surface area contributed by atoms with Crippen LogP contribution in [0.1, 0.15) is 34.1 Å². The number of amides is 1. The van der Waals surface area contributed by atoms with Crippen LogP contribution in [0.2, 0.25) is 0 Å². The Morgan fingerprint density at radius 2 is 1.89 bits per heavy atom. The first-order valence-electron chi connectivity index (χ1n) is 9.51. The molecule has 2 heterocycles. The summed E-state index contributed by atoms with van der Waals surface area (Å²) in [6.45, 7) is 7.18. The van der Waals surface area contributed by atoms with Gasteiger partial charge < -0.3 is 9.88 Å². The van der Waals surface area contributed by atoms with Crippen LogP contribution < -0.4 is 5.32 Å². The summed E-state index contributed by atoms with van der Waals surface area (Å²) in [5.74, 6) is 0.843. The van der Waals surface area contributed by atoms with Crippen molar-refractivity contribution in [3.63, 3.8) is 0 Å². The lowest BCUT2D eigenvalue weighted by atomic mass is 10.1. The normalized spacial score (nSPS) is 11.1. The monoisotopic (exact) mass is 389 g/mol. The number of para-hydroxylation sites is 2. The number of aromatic nitrogens is 2. The summed E-state index contributed by atoms with van der Waals surface area (Å²) in [6.07, 6.45) is 1.03. The maximum atomic E-state index is 12.7. The van der Waals surface area contributed by atoms with E-state index < -0.39 is 0 Å². The molecule has 5 heteroatoms. The van der Waals surface area contributed by atoms with E-state index in [-0.39, 0.29) is 5.91 Å². The van der Waals surface area contributed by atoms with Crippen LogP contribution in [0.25, 0.3) is 21.7 Å². The van der Waals surface area contributed by atoms with Crippen LogP contribution in [0.15, 0.2) is 54.6 Å². The molecule has 1 N–H and O–H groups in total. The number of carbonyl (C=O) groups is 1. The number of benzene rings is 2. The molecule has 0 fully saturated rings. The maximum Gasteiger partial charge on any atom is 0.265 e. The lowest BCUT2D eigenvalue weighted by Gasteiger charge is -2.07. The van der Waals surface area contributed by atoms with Crippen molar-refractivity contribution in [2.45, 2.75) is 33.7 Å². The molecule has 0 spiro atoms. The molecule has 4 rings (SSSR count). The summed E-state index contributed by atoms with van der Waals surface area (Å²) >= 11 is 1.48. The van der Waals surface area contributed by atoms with Gasteiger partial charge in [-0.1, -0.05) is 25.1 Å². The van der Waals surface area contributed by atoms with Gasteiger partial charge in [-0.15, -0.1) is 11.3 Å². The van der Waals surface area contributed by atoms with E-state index in [0.29, 0.717) is 4.88 Å². The highest BCUT2D eigenvalue weighted by Gasteiger charge is 2.16. The summed E-state index contributed by atoms with van der Waals surface area (Å²) in [5.41, 5.74) is 5.32. The SMILES string of the molecule is CCCn1c(-c2ccc(C(=O)Nc3ccc(C)c(C)c3)s2)nc2ccccc21. The Kier molecular flexibility index (Phi) is 5.01. The molecule has 142 valence electrons. The van der Waals surface area contributed by atoms with Gasteiger partial charge in [0, 0.05) is 12.2 Å². The largest absolute Gasteiger partial charge is 0.323 e. The molecule has 1 amide bonds. The van der Waals surface area contributed by atoms with Crippen LogP contribution in [0.5, 0.6) is 0 Å². The van der Waals surface area contributed by atoms with Gasteiger partial charge in [-0.3, -0.25) is 4.79 Å². The fraction of sp³-hybridized carbons (Fsp3) is 0.217. The van der Waals surface area contributed by atoms with E-state index in [1.165, 1.54) is 16.9 Å². The quantitative estimate of drug-likeness (QED) is 0.452. The topological polar surface area (TPSA) is 46.9 Å². The zero-order chi connectivity index (χ0) is 19.7. The van der Waals surface area contributed by atoms with Crippen LogP contribution in [0.3, 0.4) is 0 Å². The fourth-order valence-corrected chi connectivity index (χ4v) is 4.21. The zero-order valence-electron chi connectivity index (χ0n) is 16.3. The third-order valence-electron chi connectivity index (χ3n) is 4.92. The molecule has 0 bridgehead atoms. The van der Waals surface area contributed by atoms with Gasteiger partial charge in [-0.05, 0) is 67.8 Å². The van der Waals surface area contributed by atoms with E-state index in [0.717, 1.165) is 46.0 Å². The molecule has 28 heavy (non-hydrogen) atoms. The van der Waals surface area contributed by atoms with Crippen molar-refractivity contribution in [3.05, 3.63) is 70.6 Å². The Hall–Kier alpha value is -2.92. The van der Waals surface area contributed by atoms with Gasteiger partial charge in [0.25, 0.3) is 5.91 Å². The number of thiophene rings is 1. The van der Waals surface area contributed by atoms with Crippen molar-refractivity contribution in [1.82, 2.24) is 9.55 Å². The predicted molar refractivity (Wildman–Crippen MR) is 117 cm³/mol. The highest BCUT2D eigenvalue weighted by atomic mass is 32.1. The molecule has 4 aromatic rings. The third kappa shape index (κ3) is 3.45. The lowest BCUT2D eigenvalue weighted by molar-refractivity contribution is 0.103. The number of imidazole rings is 1. The minimum absolute atomic E-state index is 0.0855. The summed E-state index contributed by atoms with van der Waals surface area (Å²) in [6, 6.07) is 18.0. The first-order chi connectivity index (χ1) is 13.6. The van der Waals surface area contributed by atoms with Gasteiger partial charge in [0.05, 0.1) is 20.8 Å². The van der Waals surface area contributed by atoms with E-state index in [4.69, 9.17) is 4.98 Å². The number of fused-ring (bicyclic) bond motifs is 1. The van der Waals surface area contributed by atoms with E-state index in [2.05, 4.69) is 29.8 Å². The van der Waals surface area contributed by atoms with Crippen LogP contribution in [0, 0.1) is 13.8 Å². The van der Waals surface area contributed by atoms with E-state index in [1.54, 1.807) is 0 Å². The zero-order valence-corrected chi connectivity index (χ0v) is 17.1. The second-order valence-electron chi connectivity index (χ2n) is 6.99. The molecule has 2 aromatic heterocycles. The molecule has 0 aliphatic carbocycles. The number of nitrogens with one attached hydrogen (secondary N) is 1. The van der Waals surface area contributed by atoms with Crippen molar-refractivity contribution in [1.29, 1.82) is 0 Å². The summed E-state index contributed by atoms with van der Waals surface area (Å²) in [7, 11) is 0. The first-order valence-corrected chi connectivity index (χ1v) is 10.3. The van der Waals surface area contributed by atoms with Gasteiger partial charge >= 0.3 is 0 Å². The van der Waals surface area contributed by atoms with Gasteiger partial charge in [-0.25, -0.2) is 4.98 Å². The van der Waals surface area contributed by atoms with Crippen LogP contribution >= 0.6 is 11.3 Å². The Labute approximate surface area is 168 Å². The molecule has 0 aliphatic heterocycles. The van der Waals surface area contributed by atoms with E-state index >= 15 is 0 Å². The molecule has 2 aromatic carbocycles. The van der Waals surface area contributed by atoms with Crippen molar-refractivity contribution in [2.24, 2.45) is 0 Å². The van der Waals surface area contributed by atoms with E-state index in [9.17, 15) is 4.79 Å². The molecule has 0 atom stereocenters. The first kappa shape index (κ1) is 18.4. The number of hydrogen-bond donors (Lipinski definition) is 1. The molecule has 0 aliphatic rings. The summed E-state index contributed by atoms with van der Waals surface area (Å²) in [4.78, 5) is 19.2. The molecule has 0 saturated carbocycles. The highest BCUT2D eigenvalue weighted by Crippen LogP contribution is 2.31. The standard InChI is InChI=1S/C23H23N3OS/c1-4-13-26-19-8-6-5-7-18(19)25-22(26)20-11-12-21(28-20)23(27)24-17-10-9-15(2)16(3)14-17/h5-12,14H,4,13H2,1-3H3,(H,24,27). The van der Waals surface area contributed by atoms with Gasteiger partial charge in [0.2, 0.25) is 0 Å². The third-order valence-corrected chi connectivity index (χ3v) is 6.00. The van der Waals surface area contributed by atoms with Crippen molar-refractivity contribution in [2.75, 3.05) is 5.32 Å². The van der Waals surface area contributed by atoms with Crippen LogP contribution in [-0.2, 0) is 6.54 Å². The molecular weight excluding hydrogens is 366 g/mol. The minimum atomic E-state index is -0.0855. The smallest absolute Gasteiger partial charge is 0.265 e. The van der Waals surface area contributed by atoms with Crippen LogP contribution in [0.4, 0.5) is 5.69 Å². The lowest BCUT2D eigenvalue weighted by Crippen LogP contribution is -2.10. The van der Waals surface area contributed by atoms with Gasteiger partial charge in [0.1, 0.15) is 0 Å². The van der Waals surface area contributed by atoms with Gasteiger partial charge in [0.15, 0.2) is 5.82 Å². The molecule has 4 nitrogen and oxygen atoms in total. The van der Waals surface area contributed by atoms with Crippen molar-refractivity contribution < 1.29 is 4.79 Å². The van der Waals surface area contributed by atoms with Crippen molar-refractivity contribution >= 4 is 34.0 Å². The summed E-state index contributed by atoms with van der Waals surface area (Å²) in [5, 5.41) is 3.00. The van der Waals surface area contributed by atoms with Gasteiger partial charge in [-0.2, -0.15) is 0 Å². The number of aryl methyl sites for hydroxylation is 3. The average Bonchev–Trinajstić information content (AvgIpc) is 3.30. The Morgan fingerprint density at radius 1 is 1.07 bits per heavy atom. The average molecular weight is 390 g/mol. The Morgan fingerprint density at radius 3 is 2.68 bits per heavy atom. The predicted octanol–water partition coefficient (Wildman–Crippen LogP) is 6.04. The number of nitrogens with zero attached hydrogens (tertiary/aromatic N) is 2. The number of hydrogen-bond acceptors (Lipinski definition) is 3. The van der Waals surface area contributed by atoms with E-state index in [1.807, 2.05) is 55.5 Å². The second-order valence-corrected chi connectivity index (χ2v) is 8.08. The maximum absolute atomic E-state index is 12.7. The Balaban J connectivity index is 1.64. The molecule has 0 saturated heterocycles. The number of anilines is 1. The van der Waals surface area contributed by atoms with Crippen LogP contribution in [-0.4, -0.2) is 15.5 Å². The van der Waals surface area contributed by atoms with Crippen molar-refractivity contribution in [3.8, 4) is 10.7 Å². The highest BCUT2D eigenvalue weighted by molar-refractivity contribution is 7.17.